The molecule has 0 aromatic carbocycles. The molecule has 0 aliphatic carbocycles. The zero-order valence-corrected chi connectivity index (χ0v) is 27.9. The van der Waals surface area contributed by atoms with E-state index in [4.69, 9.17) is 0 Å². The molecule has 248 valence electrons. The van der Waals surface area contributed by atoms with Crippen molar-refractivity contribution in [3.05, 3.63) is 0 Å². The van der Waals surface area contributed by atoms with Crippen LogP contribution in [-0.4, -0.2) is 38.0 Å². The van der Waals surface area contributed by atoms with Crippen molar-refractivity contribution in [1.82, 2.24) is 10.6 Å². The van der Waals surface area contributed by atoms with E-state index in [1.807, 2.05) is 0 Å². The fraction of sp³-hybridized carbons (Fsp3) is 0.941. The second-order valence-electron chi connectivity index (χ2n) is 11.7. The molecule has 0 saturated carbocycles. The highest BCUT2D eigenvalue weighted by Gasteiger charge is 2.01. The van der Waals surface area contributed by atoms with Crippen LogP contribution < -0.4 is 22.1 Å². The van der Waals surface area contributed by atoms with Gasteiger partial charge in [0.05, 0.1) is 13.1 Å². The van der Waals surface area contributed by atoms with Crippen LogP contribution >= 0.6 is 0 Å². The number of quaternary nitrogens is 2. The molecule has 8 N–H and O–H groups in total. The minimum Gasteiger partial charge on any atom is -2.00 e. The van der Waals surface area contributed by atoms with Gasteiger partial charge in [0.15, 0.2) is 0 Å². The number of hydrogen-bond acceptors (Lipinski definition) is 2. The molecule has 2 amide bonds. The predicted octanol–water partition coefficient (Wildman–Crippen LogP) is 6.75. The number of unbranched alkanes of at least 4 members (excludes halogenated alkanes) is 20. The first-order valence-corrected chi connectivity index (χ1v) is 17.7. The summed E-state index contributed by atoms with van der Waals surface area (Å²) in [7, 11) is 0. The van der Waals surface area contributed by atoms with E-state index in [1.54, 1.807) is 0 Å². The van der Waals surface area contributed by atoms with Crippen LogP contribution in [0.15, 0.2) is 0 Å². The number of amides is 2. The SMILES string of the molecule is CCCCCCCCCCCCCC(=O)NCCC[NH3+].CCCCCCCCCCCCCC(=O)NCCC[NH3+].[O-2]. The smallest absolute Gasteiger partial charge is 0.219 e. The Kier molecular flexibility index (Phi) is 44.2. The highest BCUT2D eigenvalue weighted by atomic mass is 16.2. The standard InChI is InChI=1S/2C17H36N2O.O/c2*1-2-3-4-5-6-7-8-9-10-11-12-14-17(20)19-16-13-15-18;/h2*2-16,18H2,1H3,(H,19,20);/q;;-2/p+2. The molecule has 0 bridgehead atoms. The van der Waals surface area contributed by atoms with E-state index in [0.717, 1.165) is 51.9 Å². The molecule has 7 nitrogen and oxygen atoms in total. The molecule has 41 heavy (non-hydrogen) atoms. The Hall–Kier alpha value is -1.18. The van der Waals surface area contributed by atoms with Gasteiger partial charge in [0.2, 0.25) is 11.8 Å². The zero-order chi connectivity index (χ0) is 29.8. The van der Waals surface area contributed by atoms with E-state index in [9.17, 15) is 9.59 Å². The Balaban J connectivity index is -0.000000688. The van der Waals surface area contributed by atoms with Crippen molar-refractivity contribution in [2.45, 2.75) is 181 Å². The van der Waals surface area contributed by atoms with Gasteiger partial charge in [0.25, 0.3) is 0 Å². The van der Waals surface area contributed by atoms with Crippen LogP contribution in [0.4, 0.5) is 0 Å². The Labute approximate surface area is 255 Å². The third-order valence-corrected chi connectivity index (χ3v) is 7.51. The summed E-state index contributed by atoms with van der Waals surface area (Å²) in [5.74, 6) is 0.434. The van der Waals surface area contributed by atoms with Gasteiger partial charge in [-0.3, -0.25) is 9.59 Å². The van der Waals surface area contributed by atoms with Gasteiger partial charge in [-0.2, -0.15) is 0 Å². The second kappa shape index (κ2) is 41.0. The molecule has 0 rings (SSSR count). The molecule has 0 unspecified atom stereocenters. The maximum absolute atomic E-state index is 11.4. The third kappa shape index (κ3) is 43.4. The third-order valence-electron chi connectivity index (χ3n) is 7.51. The van der Waals surface area contributed by atoms with Crippen molar-refractivity contribution < 1.29 is 26.5 Å². The predicted molar refractivity (Wildman–Crippen MR) is 174 cm³/mol. The molecule has 0 aromatic heterocycles. The zero-order valence-electron chi connectivity index (χ0n) is 27.9. The molecule has 0 fully saturated rings. The largest absolute Gasteiger partial charge is 2.00 e. The van der Waals surface area contributed by atoms with Crippen LogP contribution in [0.25, 0.3) is 0 Å². The van der Waals surface area contributed by atoms with Crippen molar-refractivity contribution >= 4 is 11.8 Å². The van der Waals surface area contributed by atoms with Crippen LogP contribution in [0.2, 0.25) is 0 Å². The summed E-state index contributed by atoms with van der Waals surface area (Å²) in [6, 6.07) is 0. The van der Waals surface area contributed by atoms with Crippen molar-refractivity contribution in [2.75, 3.05) is 26.2 Å². The first-order chi connectivity index (χ1) is 19.6. The maximum atomic E-state index is 11.4. The van der Waals surface area contributed by atoms with Gasteiger partial charge in [0.1, 0.15) is 0 Å². The Morgan fingerprint density at radius 3 is 0.902 bits per heavy atom. The van der Waals surface area contributed by atoms with Crippen LogP contribution in [0.5, 0.6) is 0 Å². The highest BCUT2D eigenvalue weighted by molar-refractivity contribution is 5.76. The van der Waals surface area contributed by atoms with Gasteiger partial charge in [-0.25, -0.2) is 0 Å². The lowest BCUT2D eigenvalue weighted by molar-refractivity contribution is -0.368. The summed E-state index contributed by atoms with van der Waals surface area (Å²) in [5, 5.41) is 5.88. The summed E-state index contributed by atoms with van der Waals surface area (Å²) in [6.45, 7) is 7.92. The van der Waals surface area contributed by atoms with Gasteiger partial charge in [-0.15, -0.1) is 0 Å². The minimum atomic E-state index is 0. The molecule has 7 heteroatoms. The summed E-state index contributed by atoms with van der Waals surface area (Å²) in [5.41, 5.74) is 7.53. The summed E-state index contributed by atoms with van der Waals surface area (Å²) in [6.07, 6.45) is 32.7. The quantitative estimate of drug-likeness (QED) is 0.0691. The fourth-order valence-corrected chi connectivity index (χ4v) is 4.78. The van der Waals surface area contributed by atoms with Crippen LogP contribution in [0, 0.1) is 0 Å². The average Bonchev–Trinajstić information content (AvgIpc) is 2.95. The number of rotatable bonds is 30. The molecule has 0 heterocycles. The van der Waals surface area contributed by atoms with Crippen molar-refractivity contribution in [3.63, 3.8) is 0 Å². The normalized spacial score (nSPS) is 10.4. The number of hydrogen-bond donors (Lipinski definition) is 4. The second-order valence-corrected chi connectivity index (χ2v) is 11.7. The molecular formula is C34H74N4O3. The molecular weight excluding hydrogens is 512 g/mol. The monoisotopic (exact) mass is 587 g/mol. The fourth-order valence-electron chi connectivity index (χ4n) is 4.78. The first-order valence-electron chi connectivity index (χ1n) is 17.7. The van der Waals surface area contributed by atoms with Gasteiger partial charge in [0, 0.05) is 38.8 Å². The molecule has 0 aromatic rings. The van der Waals surface area contributed by atoms with Crippen molar-refractivity contribution in [1.29, 1.82) is 0 Å². The van der Waals surface area contributed by atoms with Gasteiger partial charge in [-0.1, -0.05) is 142 Å². The van der Waals surface area contributed by atoms with E-state index >= 15 is 0 Å². The van der Waals surface area contributed by atoms with Gasteiger partial charge < -0.3 is 27.6 Å². The molecule has 0 aliphatic rings. The molecule has 0 aliphatic heterocycles. The average molecular weight is 587 g/mol. The van der Waals surface area contributed by atoms with Crippen LogP contribution in [-0.2, 0) is 15.1 Å². The Morgan fingerprint density at radius 2 is 0.659 bits per heavy atom. The van der Waals surface area contributed by atoms with E-state index in [0.29, 0.717) is 12.8 Å². The van der Waals surface area contributed by atoms with Crippen LogP contribution in [0.3, 0.4) is 0 Å². The number of carbonyl (C=O) groups excluding carboxylic acids is 2. The van der Waals surface area contributed by atoms with E-state index in [-0.39, 0.29) is 17.3 Å². The Bertz CT molecular complexity index is 462. The number of nitrogens with one attached hydrogen (secondary N) is 2. The van der Waals surface area contributed by atoms with E-state index < -0.39 is 0 Å². The van der Waals surface area contributed by atoms with Crippen molar-refractivity contribution in [2.24, 2.45) is 0 Å². The maximum Gasteiger partial charge on any atom is 0.219 e. The molecule has 0 radical (unpaired) electrons. The molecule has 0 saturated heterocycles. The van der Waals surface area contributed by atoms with Crippen LogP contribution in [0.1, 0.15) is 181 Å². The van der Waals surface area contributed by atoms with Gasteiger partial charge >= 0.3 is 0 Å². The van der Waals surface area contributed by atoms with E-state index in [2.05, 4.69) is 35.9 Å². The lowest BCUT2D eigenvalue weighted by Gasteiger charge is -2.04. The summed E-state index contributed by atoms with van der Waals surface area (Å²) >= 11 is 0. The topological polar surface area (TPSA) is 142 Å². The first kappa shape index (κ1) is 44.3. The van der Waals surface area contributed by atoms with Gasteiger partial charge in [-0.05, 0) is 12.8 Å². The molecule has 0 spiro atoms. The van der Waals surface area contributed by atoms with E-state index in [1.165, 1.54) is 128 Å². The lowest BCUT2D eigenvalue weighted by Crippen LogP contribution is -2.51. The lowest BCUT2D eigenvalue weighted by atomic mass is 10.1. The highest BCUT2D eigenvalue weighted by Crippen LogP contribution is 2.13. The Morgan fingerprint density at radius 1 is 0.415 bits per heavy atom. The van der Waals surface area contributed by atoms with Crippen molar-refractivity contribution in [3.8, 4) is 0 Å². The summed E-state index contributed by atoms with van der Waals surface area (Å²) < 4.78 is 0. The summed E-state index contributed by atoms with van der Waals surface area (Å²) in [4.78, 5) is 22.9. The number of carbonyl (C=O) groups is 2. The molecule has 0 atom stereocenters. The minimum absolute atomic E-state index is 0.